The third-order valence-electron chi connectivity index (χ3n) is 6.77. The van der Waals surface area contributed by atoms with Gasteiger partial charge in [0.25, 0.3) is 5.91 Å². The Hall–Kier alpha value is -4.24. The van der Waals surface area contributed by atoms with E-state index in [4.69, 9.17) is 14.3 Å². The highest BCUT2D eigenvalue weighted by molar-refractivity contribution is 6.23. The van der Waals surface area contributed by atoms with Crippen LogP contribution in [-0.2, 0) is 29.3 Å². The number of halogens is 1. The average Bonchev–Trinajstić information content (AvgIpc) is 3.37. The van der Waals surface area contributed by atoms with E-state index in [9.17, 15) is 18.8 Å². The van der Waals surface area contributed by atoms with Gasteiger partial charge in [-0.25, -0.2) is 23.9 Å². The Labute approximate surface area is 232 Å². The number of fused-ring (bicyclic) bond motifs is 2. The van der Waals surface area contributed by atoms with E-state index in [0.717, 1.165) is 11.0 Å². The Morgan fingerprint density at radius 3 is 2.20 bits per heavy atom. The molecule has 3 aromatic rings. The highest BCUT2D eigenvalue weighted by Crippen LogP contribution is 2.59. The number of hydrogen-bond donors (Lipinski definition) is 0. The first-order chi connectivity index (χ1) is 18.9. The molecule has 3 aromatic carbocycles. The van der Waals surface area contributed by atoms with Crippen LogP contribution in [0.5, 0.6) is 0 Å². The minimum atomic E-state index is -1.91. The molecule has 2 aliphatic heterocycles. The lowest BCUT2D eigenvalue weighted by Crippen LogP contribution is -2.54. The second-order valence-corrected chi connectivity index (χ2v) is 11.1. The summed E-state index contributed by atoms with van der Waals surface area (Å²) in [6, 6.07) is 20.7. The summed E-state index contributed by atoms with van der Waals surface area (Å²) in [6.07, 6.45) is -3.02. The zero-order valence-electron chi connectivity index (χ0n) is 23.0. The second-order valence-electron chi connectivity index (χ2n) is 11.1. The molecule has 208 valence electrons. The largest absolute Gasteiger partial charge is 0.461 e. The first-order valence-corrected chi connectivity index (χ1v) is 13.1. The lowest BCUT2D eigenvalue weighted by atomic mass is 9.69. The van der Waals surface area contributed by atoms with Crippen molar-refractivity contribution in [2.45, 2.75) is 63.9 Å². The van der Waals surface area contributed by atoms with Gasteiger partial charge in [-0.3, -0.25) is 9.63 Å². The molecule has 0 aliphatic carbocycles. The summed E-state index contributed by atoms with van der Waals surface area (Å²) >= 11 is 0. The number of anilines is 2. The lowest BCUT2D eigenvalue weighted by Gasteiger charge is -2.34. The number of ether oxygens (including phenoxy) is 2. The predicted octanol–water partition coefficient (Wildman–Crippen LogP) is 5.86. The molecular formula is C31H31FN2O6. The molecule has 1 fully saturated rings. The van der Waals surface area contributed by atoms with Gasteiger partial charge in [0.1, 0.15) is 22.9 Å². The number of imide groups is 1. The van der Waals surface area contributed by atoms with Gasteiger partial charge in [0.2, 0.25) is 6.10 Å². The maximum atomic E-state index is 15.0. The summed E-state index contributed by atoms with van der Waals surface area (Å²) in [7, 11) is 0. The molecule has 5 rings (SSSR count). The number of para-hydroxylation sites is 1. The number of hydrogen-bond acceptors (Lipinski definition) is 7. The molecule has 9 heteroatoms. The second kappa shape index (κ2) is 10.1. The molecule has 40 heavy (non-hydrogen) atoms. The van der Waals surface area contributed by atoms with Gasteiger partial charge < -0.3 is 9.47 Å². The molecular weight excluding hydrogens is 515 g/mol. The summed E-state index contributed by atoms with van der Waals surface area (Å²) in [4.78, 5) is 49.3. The number of esters is 1. The molecule has 3 atom stereocenters. The van der Waals surface area contributed by atoms with E-state index in [1.165, 1.54) is 17.2 Å². The van der Waals surface area contributed by atoms with Crippen molar-refractivity contribution >= 4 is 29.3 Å². The molecule has 2 heterocycles. The SMILES string of the molecule is CC(C)OC(=O)[C@@H]1ON(c2ccccc2)[C@H](c2ccccc2)[C@@]12C(=O)N(C(=O)OC(C)(C)C)c1ccc(F)cc12. The predicted molar refractivity (Wildman–Crippen MR) is 146 cm³/mol. The zero-order chi connectivity index (χ0) is 28.8. The van der Waals surface area contributed by atoms with Gasteiger partial charge >= 0.3 is 12.1 Å². The first-order valence-electron chi connectivity index (χ1n) is 13.1. The average molecular weight is 547 g/mol. The molecule has 0 saturated carbocycles. The molecule has 2 aliphatic rings. The Morgan fingerprint density at radius 1 is 0.975 bits per heavy atom. The number of hydroxylamine groups is 1. The maximum absolute atomic E-state index is 15.0. The van der Waals surface area contributed by atoms with Crippen molar-refractivity contribution in [3.8, 4) is 0 Å². The van der Waals surface area contributed by atoms with E-state index in [0.29, 0.717) is 11.3 Å². The van der Waals surface area contributed by atoms with Crippen LogP contribution in [0.2, 0.25) is 0 Å². The number of carbonyl (C=O) groups excluding carboxylic acids is 3. The monoisotopic (exact) mass is 546 g/mol. The molecule has 1 saturated heterocycles. The van der Waals surface area contributed by atoms with Gasteiger partial charge in [0.05, 0.1) is 17.5 Å². The number of carbonyl (C=O) groups is 3. The van der Waals surface area contributed by atoms with Crippen LogP contribution in [0.1, 0.15) is 51.8 Å². The Bertz CT molecular complexity index is 1440. The van der Waals surface area contributed by atoms with Crippen molar-refractivity contribution in [2.24, 2.45) is 0 Å². The van der Waals surface area contributed by atoms with Gasteiger partial charge in [-0.1, -0.05) is 48.5 Å². The third-order valence-corrected chi connectivity index (χ3v) is 6.77. The third kappa shape index (κ3) is 4.50. The fraction of sp³-hybridized carbons (Fsp3) is 0.323. The van der Waals surface area contributed by atoms with Crippen molar-refractivity contribution < 1.29 is 33.1 Å². The first kappa shape index (κ1) is 27.3. The van der Waals surface area contributed by atoms with Crippen LogP contribution >= 0.6 is 0 Å². The molecule has 0 radical (unpaired) electrons. The van der Waals surface area contributed by atoms with Gasteiger partial charge in [-0.2, -0.15) is 0 Å². The van der Waals surface area contributed by atoms with Gasteiger partial charge in [-0.05, 0) is 70.5 Å². The van der Waals surface area contributed by atoms with E-state index in [2.05, 4.69) is 0 Å². The van der Waals surface area contributed by atoms with Crippen LogP contribution in [0.15, 0.2) is 78.9 Å². The summed E-state index contributed by atoms with van der Waals surface area (Å²) in [6.45, 7) is 8.40. The van der Waals surface area contributed by atoms with Gasteiger partial charge in [0, 0.05) is 5.56 Å². The van der Waals surface area contributed by atoms with Crippen molar-refractivity contribution in [3.05, 3.63) is 95.8 Å². The van der Waals surface area contributed by atoms with Crippen LogP contribution in [-0.4, -0.2) is 35.8 Å². The minimum Gasteiger partial charge on any atom is -0.461 e. The Balaban J connectivity index is 1.82. The molecule has 1 spiro atoms. The maximum Gasteiger partial charge on any atom is 0.421 e. The quantitative estimate of drug-likeness (QED) is 0.379. The molecule has 0 aromatic heterocycles. The van der Waals surface area contributed by atoms with Crippen molar-refractivity contribution in [1.82, 2.24) is 0 Å². The summed E-state index contributed by atoms with van der Waals surface area (Å²) < 4.78 is 26.2. The van der Waals surface area contributed by atoms with Crippen molar-refractivity contribution in [2.75, 3.05) is 9.96 Å². The standard InChI is InChI=1S/C31H31FN2O6/c1-19(2)38-27(35)26-31(25(20-12-8-6-9-13-20)34(40-26)22-14-10-7-11-15-22)23-18-21(32)16-17-24(23)33(28(31)36)29(37)39-30(3,4)5/h6-19,25-26H,1-5H3/t25-,26+,31-/m1/s1. The van der Waals surface area contributed by atoms with Crippen LogP contribution < -0.4 is 9.96 Å². The topological polar surface area (TPSA) is 85.4 Å². The fourth-order valence-electron chi connectivity index (χ4n) is 5.38. The Morgan fingerprint density at radius 2 is 1.60 bits per heavy atom. The molecule has 0 bridgehead atoms. The Kier molecular flexibility index (Phi) is 6.87. The smallest absolute Gasteiger partial charge is 0.421 e. The van der Waals surface area contributed by atoms with Crippen LogP contribution in [0.4, 0.5) is 20.6 Å². The molecule has 8 nitrogen and oxygen atoms in total. The number of nitrogens with zero attached hydrogens (tertiary/aromatic N) is 2. The highest BCUT2D eigenvalue weighted by Gasteiger charge is 2.71. The summed E-state index contributed by atoms with van der Waals surface area (Å²) in [5, 5.41) is 1.48. The minimum absolute atomic E-state index is 0.113. The molecule has 0 N–H and O–H groups in total. The van der Waals surface area contributed by atoms with Crippen LogP contribution in [0.25, 0.3) is 0 Å². The molecule has 2 amide bonds. The number of amides is 2. The normalized spacial score (nSPS) is 22.1. The lowest BCUT2D eigenvalue weighted by molar-refractivity contribution is -0.163. The highest BCUT2D eigenvalue weighted by atomic mass is 19.1. The fourth-order valence-corrected chi connectivity index (χ4v) is 5.38. The summed E-state index contributed by atoms with van der Waals surface area (Å²) in [5.41, 5.74) is -1.43. The zero-order valence-corrected chi connectivity index (χ0v) is 23.0. The van der Waals surface area contributed by atoms with Gasteiger partial charge in [0.15, 0.2) is 0 Å². The van der Waals surface area contributed by atoms with Gasteiger partial charge in [-0.15, -0.1) is 0 Å². The van der Waals surface area contributed by atoms with E-state index < -0.39 is 53.1 Å². The van der Waals surface area contributed by atoms with Crippen molar-refractivity contribution in [1.29, 1.82) is 0 Å². The molecule has 0 unspecified atom stereocenters. The van der Waals surface area contributed by atoms with Crippen LogP contribution in [0, 0.1) is 5.82 Å². The van der Waals surface area contributed by atoms with Crippen molar-refractivity contribution in [3.63, 3.8) is 0 Å². The van der Waals surface area contributed by atoms with E-state index in [-0.39, 0.29) is 11.3 Å². The number of benzene rings is 3. The summed E-state index contributed by atoms with van der Waals surface area (Å²) in [5.74, 6) is -2.23. The van der Waals surface area contributed by atoms with E-state index >= 15 is 0 Å². The van der Waals surface area contributed by atoms with E-state index in [1.807, 2.05) is 12.1 Å². The number of rotatable bonds is 4. The van der Waals surface area contributed by atoms with E-state index in [1.54, 1.807) is 83.1 Å². The van der Waals surface area contributed by atoms with Crippen LogP contribution in [0.3, 0.4) is 0 Å².